The number of carbonyl (C=O) groups excluding carboxylic acids is 1. The summed E-state index contributed by atoms with van der Waals surface area (Å²) in [4.78, 5) is 25.4. The number of nitrogens with zero attached hydrogens (tertiary/aromatic N) is 2. The van der Waals surface area contributed by atoms with Crippen LogP contribution in [0.5, 0.6) is 0 Å². The molecule has 4 rings (SSSR count). The maximum atomic E-state index is 13.2. The van der Waals surface area contributed by atoms with Crippen molar-refractivity contribution in [2.24, 2.45) is 0 Å². The minimum Gasteiger partial charge on any atom is -0.477 e. The predicted octanol–water partition coefficient (Wildman–Crippen LogP) is 5.61. The number of aromatic nitrogens is 1. The Kier molecular flexibility index (Phi) is 5.23. The number of alkyl halides is 6. The van der Waals surface area contributed by atoms with Crippen molar-refractivity contribution in [3.05, 3.63) is 52.0 Å². The van der Waals surface area contributed by atoms with Crippen LogP contribution in [-0.4, -0.2) is 28.1 Å². The van der Waals surface area contributed by atoms with Gasteiger partial charge in [-0.1, -0.05) is 0 Å². The molecule has 0 radical (unpaired) electrons. The second kappa shape index (κ2) is 7.54. The summed E-state index contributed by atoms with van der Waals surface area (Å²) in [6.07, 6.45) is -9.15. The Bertz CT molecular complexity index is 1190. The highest BCUT2D eigenvalue weighted by Gasteiger charge is 2.37. The van der Waals surface area contributed by atoms with Gasteiger partial charge in [-0.05, 0) is 36.2 Å². The summed E-state index contributed by atoms with van der Waals surface area (Å²) in [7, 11) is 0. The molecular formula is C20H14F6N2O3S. The van der Waals surface area contributed by atoms with Gasteiger partial charge in [-0.15, -0.1) is 11.3 Å². The highest BCUT2D eigenvalue weighted by molar-refractivity contribution is 7.17. The Morgan fingerprint density at radius 2 is 1.66 bits per heavy atom. The summed E-state index contributed by atoms with van der Waals surface area (Å²) >= 11 is 1.14. The van der Waals surface area contributed by atoms with Crippen LogP contribution >= 0.6 is 11.3 Å². The van der Waals surface area contributed by atoms with Crippen LogP contribution in [0.3, 0.4) is 0 Å². The third-order valence-electron chi connectivity index (χ3n) is 5.17. The maximum absolute atomic E-state index is 13.2. The Balaban J connectivity index is 1.89. The van der Waals surface area contributed by atoms with Crippen molar-refractivity contribution in [1.82, 2.24) is 4.57 Å². The predicted molar refractivity (Wildman–Crippen MR) is 104 cm³/mol. The van der Waals surface area contributed by atoms with Crippen molar-refractivity contribution >= 4 is 39.1 Å². The molecular weight excluding hydrogens is 462 g/mol. The van der Waals surface area contributed by atoms with Crippen LogP contribution in [0.2, 0.25) is 0 Å². The van der Waals surface area contributed by atoms with E-state index in [4.69, 9.17) is 0 Å². The number of fused-ring (bicyclic) bond motifs is 1. The number of benzene rings is 1. The largest absolute Gasteiger partial charge is 0.477 e. The number of hydrogen-bond donors (Lipinski definition) is 1. The maximum Gasteiger partial charge on any atom is 0.416 e. The Hall–Kier alpha value is -3.02. The summed E-state index contributed by atoms with van der Waals surface area (Å²) in [5, 5.41) is 11.2. The van der Waals surface area contributed by atoms with E-state index >= 15 is 0 Å². The highest BCUT2D eigenvalue weighted by atomic mass is 32.1. The first-order valence-corrected chi connectivity index (χ1v) is 10.2. The lowest BCUT2D eigenvalue weighted by molar-refractivity contribution is -0.143. The van der Waals surface area contributed by atoms with Gasteiger partial charge in [0, 0.05) is 24.9 Å². The molecule has 0 saturated carbocycles. The fourth-order valence-electron chi connectivity index (χ4n) is 3.78. The average molecular weight is 476 g/mol. The van der Waals surface area contributed by atoms with Gasteiger partial charge in [0.1, 0.15) is 5.69 Å². The number of carbonyl (C=O) groups is 2. The smallest absolute Gasteiger partial charge is 0.416 e. The molecule has 1 saturated heterocycles. The first-order valence-electron chi connectivity index (χ1n) is 9.29. The molecule has 0 bridgehead atoms. The third kappa shape index (κ3) is 3.94. The number of aromatic carboxylic acids is 1. The molecule has 3 aromatic rings. The fraction of sp³-hybridized carbons (Fsp3) is 0.300. The van der Waals surface area contributed by atoms with Crippen LogP contribution in [0.4, 0.5) is 32.0 Å². The second-order valence-electron chi connectivity index (χ2n) is 7.32. The van der Waals surface area contributed by atoms with Gasteiger partial charge in [-0.2, -0.15) is 26.3 Å². The topological polar surface area (TPSA) is 62.5 Å². The average Bonchev–Trinajstić information content (AvgIpc) is 3.36. The van der Waals surface area contributed by atoms with E-state index in [-0.39, 0.29) is 28.7 Å². The quantitative estimate of drug-likeness (QED) is 0.498. The van der Waals surface area contributed by atoms with E-state index in [0.717, 1.165) is 15.9 Å². The van der Waals surface area contributed by atoms with Crippen LogP contribution in [-0.2, 0) is 23.7 Å². The van der Waals surface area contributed by atoms with Crippen molar-refractivity contribution < 1.29 is 41.0 Å². The van der Waals surface area contributed by atoms with Gasteiger partial charge in [-0.3, -0.25) is 4.79 Å². The number of carboxylic acids is 1. The zero-order chi connectivity index (χ0) is 23.4. The molecule has 1 aromatic carbocycles. The molecule has 12 heteroatoms. The number of carboxylic acid groups (broad SMARTS) is 1. The SMILES string of the molecule is O=C(O)c1cc2scc(N3CCCC3=O)c2n1Cc1cc(C(F)(F)F)cc(C(F)(F)F)c1. The van der Waals surface area contributed by atoms with Crippen LogP contribution in [0.25, 0.3) is 10.2 Å². The summed E-state index contributed by atoms with van der Waals surface area (Å²) in [5.41, 5.74) is -2.95. The summed E-state index contributed by atoms with van der Waals surface area (Å²) in [6.45, 7) is -0.163. The van der Waals surface area contributed by atoms with Crippen molar-refractivity contribution in [2.75, 3.05) is 11.4 Å². The van der Waals surface area contributed by atoms with Gasteiger partial charge in [0.2, 0.25) is 5.91 Å². The summed E-state index contributed by atoms with van der Waals surface area (Å²) in [5.74, 6) is -1.58. The molecule has 32 heavy (non-hydrogen) atoms. The molecule has 3 heterocycles. The van der Waals surface area contributed by atoms with Gasteiger partial charge in [0.15, 0.2) is 0 Å². The molecule has 170 valence electrons. The van der Waals surface area contributed by atoms with Crippen LogP contribution in [0, 0.1) is 0 Å². The zero-order valence-electron chi connectivity index (χ0n) is 16.0. The zero-order valence-corrected chi connectivity index (χ0v) is 16.9. The normalized spacial score (nSPS) is 15.2. The fourth-order valence-corrected chi connectivity index (χ4v) is 4.77. The molecule has 5 nitrogen and oxygen atoms in total. The number of rotatable bonds is 4. The number of thiophene rings is 1. The van der Waals surface area contributed by atoms with E-state index < -0.39 is 36.0 Å². The minimum atomic E-state index is -5.02. The van der Waals surface area contributed by atoms with Gasteiger partial charge in [-0.25, -0.2) is 4.79 Å². The van der Waals surface area contributed by atoms with E-state index in [1.165, 1.54) is 11.0 Å². The molecule has 1 amide bonds. The molecule has 0 unspecified atom stereocenters. The highest BCUT2D eigenvalue weighted by Crippen LogP contribution is 2.40. The molecule has 1 N–H and O–H groups in total. The van der Waals surface area contributed by atoms with E-state index in [2.05, 4.69) is 0 Å². The molecule has 2 aromatic heterocycles. The number of halogens is 6. The number of hydrogen-bond acceptors (Lipinski definition) is 3. The lowest BCUT2D eigenvalue weighted by atomic mass is 10.0. The van der Waals surface area contributed by atoms with E-state index in [9.17, 15) is 41.0 Å². The van der Waals surface area contributed by atoms with Crippen LogP contribution < -0.4 is 4.90 Å². The molecule has 1 fully saturated rings. The van der Waals surface area contributed by atoms with Gasteiger partial charge < -0.3 is 14.6 Å². The van der Waals surface area contributed by atoms with E-state index in [1.54, 1.807) is 5.38 Å². The second-order valence-corrected chi connectivity index (χ2v) is 8.23. The minimum absolute atomic E-state index is 0.0196. The van der Waals surface area contributed by atoms with Crippen LogP contribution in [0.1, 0.15) is 40.0 Å². The Labute approximate surface area is 180 Å². The molecule has 1 aliphatic rings. The number of amides is 1. The first-order chi connectivity index (χ1) is 14.9. The molecule has 0 spiro atoms. The first kappa shape index (κ1) is 22.2. The molecule has 0 aliphatic carbocycles. The van der Waals surface area contributed by atoms with Gasteiger partial charge in [0.05, 0.1) is 27.0 Å². The lowest BCUT2D eigenvalue weighted by Crippen LogP contribution is -2.24. The third-order valence-corrected chi connectivity index (χ3v) is 6.08. The number of anilines is 1. The van der Waals surface area contributed by atoms with Crippen molar-refractivity contribution in [1.29, 1.82) is 0 Å². The lowest BCUT2D eigenvalue weighted by Gasteiger charge is -2.18. The molecule has 0 atom stereocenters. The standard InChI is InChI=1S/C20H14F6N2O3S/c21-19(22,23)11-4-10(5-12(6-11)20(24,25)26)8-28-13(18(30)31)7-15-17(28)14(9-32-15)27-3-1-2-16(27)29/h4-7,9H,1-3,8H2,(H,30,31). The summed E-state index contributed by atoms with van der Waals surface area (Å²) in [6, 6.07) is 2.45. The van der Waals surface area contributed by atoms with Gasteiger partial charge >= 0.3 is 18.3 Å². The molecule has 1 aliphatic heterocycles. The Morgan fingerprint density at radius 1 is 1.03 bits per heavy atom. The van der Waals surface area contributed by atoms with Gasteiger partial charge in [0.25, 0.3) is 0 Å². The summed E-state index contributed by atoms with van der Waals surface area (Å²) < 4.78 is 81.0. The van der Waals surface area contributed by atoms with Crippen molar-refractivity contribution in [2.45, 2.75) is 31.7 Å². The van der Waals surface area contributed by atoms with Crippen molar-refractivity contribution in [3.63, 3.8) is 0 Å². The Morgan fingerprint density at radius 3 is 2.16 bits per heavy atom. The monoisotopic (exact) mass is 476 g/mol. The van der Waals surface area contributed by atoms with Crippen molar-refractivity contribution in [3.8, 4) is 0 Å². The van der Waals surface area contributed by atoms with E-state index in [1.807, 2.05) is 0 Å². The van der Waals surface area contributed by atoms with E-state index in [0.29, 0.717) is 41.9 Å². The van der Waals surface area contributed by atoms with Crippen LogP contribution in [0.15, 0.2) is 29.6 Å².